The minimum absolute atomic E-state index is 0.479. The van der Waals surface area contributed by atoms with E-state index >= 15 is 0 Å². The van der Waals surface area contributed by atoms with E-state index in [2.05, 4.69) is 19.2 Å². The maximum Gasteiger partial charge on any atom is 0.00420 e. The van der Waals surface area contributed by atoms with Crippen LogP contribution >= 0.6 is 0 Å². The Bertz CT molecular complexity index is 147. The van der Waals surface area contributed by atoms with Crippen molar-refractivity contribution in [3.63, 3.8) is 0 Å². The third kappa shape index (κ3) is 4.43. The lowest BCUT2D eigenvalue weighted by Gasteiger charge is -2.16. The van der Waals surface area contributed by atoms with Crippen LogP contribution in [0.25, 0.3) is 0 Å². The van der Waals surface area contributed by atoms with Crippen molar-refractivity contribution < 1.29 is 0 Å². The lowest BCUT2D eigenvalue weighted by Crippen LogP contribution is -2.31. The molecule has 0 aromatic heterocycles. The fraction of sp³-hybridized carbons (Fsp3) is 1.00. The summed E-state index contributed by atoms with van der Waals surface area (Å²) < 4.78 is 0. The quantitative estimate of drug-likeness (QED) is 0.687. The molecular formula is C12H26N2. The Balaban J connectivity index is 2.02. The summed E-state index contributed by atoms with van der Waals surface area (Å²) in [6.07, 6.45) is 7.76. The second-order valence-corrected chi connectivity index (χ2v) is 4.89. The normalized spacial score (nSPS) is 29.4. The monoisotopic (exact) mass is 198 g/mol. The zero-order valence-corrected chi connectivity index (χ0v) is 9.76. The first-order valence-electron chi connectivity index (χ1n) is 6.21. The highest BCUT2D eigenvalue weighted by atomic mass is 14.9. The predicted octanol–water partition coefficient (Wildman–Crippen LogP) is 2.28. The average molecular weight is 198 g/mol. The summed E-state index contributed by atoms with van der Waals surface area (Å²) in [5.41, 5.74) is 5.88. The third-order valence-electron chi connectivity index (χ3n) is 3.33. The summed E-state index contributed by atoms with van der Waals surface area (Å²) in [6.45, 7) is 5.73. The first kappa shape index (κ1) is 12.0. The smallest absolute Gasteiger partial charge is 0.00420 e. The summed E-state index contributed by atoms with van der Waals surface area (Å²) >= 11 is 0. The minimum Gasteiger partial charge on any atom is -0.328 e. The molecule has 3 atom stereocenters. The molecule has 0 saturated heterocycles. The van der Waals surface area contributed by atoms with Crippen LogP contribution in [0.4, 0.5) is 0 Å². The van der Waals surface area contributed by atoms with Crippen LogP contribution in [-0.2, 0) is 0 Å². The van der Waals surface area contributed by atoms with Gasteiger partial charge in [-0.15, -0.1) is 0 Å². The molecule has 0 bridgehead atoms. The van der Waals surface area contributed by atoms with Crippen LogP contribution in [0.5, 0.6) is 0 Å². The number of hydrogen-bond donors (Lipinski definition) is 2. The van der Waals surface area contributed by atoms with Gasteiger partial charge in [-0.05, 0) is 45.1 Å². The molecule has 3 unspecified atom stereocenters. The van der Waals surface area contributed by atoms with Gasteiger partial charge >= 0.3 is 0 Å². The van der Waals surface area contributed by atoms with E-state index in [4.69, 9.17) is 5.73 Å². The summed E-state index contributed by atoms with van der Waals surface area (Å²) in [5, 5.41) is 3.62. The Morgan fingerprint density at radius 2 is 2.21 bits per heavy atom. The SMILES string of the molecule is CCCCC(C)NCC1CCC(N)C1. The third-order valence-corrected chi connectivity index (χ3v) is 3.33. The molecule has 0 aromatic carbocycles. The van der Waals surface area contributed by atoms with E-state index in [1.54, 1.807) is 0 Å². The molecular weight excluding hydrogens is 172 g/mol. The standard InChI is InChI=1S/C12H26N2/c1-3-4-5-10(2)14-9-11-6-7-12(13)8-11/h10-12,14H,3-9,13H2,1-2H3. The lowest BCUT2D eigenvalue weighted by molar-refractivity contribution is 0.421. The Morgan fingerprint density at radius 1 is 1.43 bits per heavy atom. The maximum absolute atomic E-state index is 5.88. The van der Waals surface area contributed by atoms with Gasteiger partial charge in [0, 0.05) is 12.1 Å². The van der Waals surface area contributed by atoms with Crippen molar-refractivity contribution in [2.24, 2.45) is 11.7 Å². The highest BCUT2D eigenvalue weighted by Gasteiger charge is 2.21. The van der Waals surface area contributed by atoms with Crippen LogP contribution in [0.2, 0.25) is 0 Å². The highest BCUT2D eigenvalue weighted by molar-refractivity contribution is 4.79. The second-order valence-electron chi connectivity index (χ2n) is 4.89. The molecule has 0 amide bonds. The molecule has 0 heterocycles. The van der Waals surface area contributed by atoms with Crippen LogP contribution in [0.1, 0.15) is 52.4 Å². The molecule has 1 rings (SSSR count). The molecule has 0 spiro atoms. The molecule has 1 fully saturated rings. The maximum atomic E-state index is 5.88. The van der Waals surface area contributed by atoms with Gasteiger partial charge in [-0.3, -0.25) is 0 Å². The predicted molar refractivity (Wildman–Crippen MR) is 62.3 cm³/mol. The molecule has 1 saturated carbocycles. The van der Waals surface area contributed by atoms with Crippen LogP contribution in [0.15, 0.2) is 0 Å². The zero-order valence-electron chi connectivity index (χ0n) is 9.76. The fourth-order valence-corrected chi connectivity index (χ4v) is 2.28. The van der Waals surface area contributed by atoms with Crippen molar-refractivity contribution in [2.45, 2.75) is 64.5 Å². The van der Waals surface area contributed by atoms with Crippen molar-refractivity contribution in [2.75, 3.05) is 6.54 Å². The van der Waals surface area contributed by atoms with Gasteiger partial charge < -0.3 is 11.1 Å². The number of nitrogens with one attached hydrogen (secondary N) is 1. The van der Waals surface area contributed by atoms with Crippen molar-refractivity contribution in [3.05, 3.63) is 0 Å². The number of rotatable bonds is 6. The topological polar surface area (TPSA) is 38.0 Å². The fourth-order valence-electron chi connectivity index (χ4n) is 2.28. The van der Waals surface area contributed by atoms with Gasteiger partial charge in [-0.2, -0.15) is 0 Å². The van der Waals surface area contributed by atoms with E-state index in [1.165, 1.54) is 45.1 Å². The van der Waals surface area contributed by atoms with Crippen LogP contribution in [-0.4, -0.2) is 18.6 Å². The van der Waals surface area contributed by atoms with Crippen LogP contribution in [0, 0.1) is 5.92 Å². The van der Waals surface area contributed by atoms with E-state index in [0.717, 1.165) is 5.92 Å². The molecule has 2 heteroatoms. The van der Waals surface area contributed by atoms with Gasteiger partial charge in [-0.1, -0.05) is 19.8 Å². The molecule has 0 aromatic rings. The van der Waals surface area contributed by atoms with Crippen molar-refractivity contribution >= 4 is 0 Å². The summed E-state index contributed by atoms with van der Waals surface area (Å²) in [4.78, 5) is 0. The average Bonchev–Trinajstić information content (AvgIpc) is 2.58. The van der Waals surface area contributed by atoms with Crippen LogP contribution < -0.4 is 11.1 Å². The number of nitrogens with two attached hydrogens (primary N) is 1. The molecule has 14 heavy (non-hydrogen) atoms. The Labute approximate surface area is 88.6 Å². The first-order chi connectivity index (χ1) is 6.72. The lowest BCUT2D eigenvalue weighted by atomic mass is 10.1. The van der Waals surface area contributed by atoms with Crippen LogP contribution in [0.3, 0.4) is 0 Å². The van der Waals surface area contributed by atoms with Gasteiger partial charge in [0.25, 0.3) is 0 Å². The number of unbranched alkanes of at least 4 members (excludes halogenated alkanes) is 1. The summed E-state index contributed by atoms with van der Waals surface area (Å²) in [7, 11) is 0. The van der Waals surface area contributed by atoms with Crippen molar-refractivity contribution in [1.82, 2.24) is 5.32 Å². The molecule has 1 aliphatic rings. The van der Waals surface area contributed by atoms with E-state index in [1.807, 2.05) is 0 Å². The summed E-state index contributed by atoms with van der Waals surface area (Å²) in [5.74, 6) is 0.842. The van der Waals surface area contributed by atoms with E-state index < -0.39 is 0 Å². The Morgan fingerprint density at radius 3 is 2.79 bits per heavy atom. The largest absolute Gasteiger partial charge is 0.328 e. The zero-order chi connectivity index (χ0) is 10.4. The van der Waals surface area contributed by atoms with Gasteiger partial charge in [0.15, 0.2) is 0 Å². The minimum atomic E-state index is 0.479. The van der Waals surface area contributed by atoms with E-state index in [9.17, 15) is 0 Å². The Kier molecular flexibility index (Phi) is 5.49. The van der Waals surface area contributed by atoms with Gasteiger partial charge in [-0.25, -0.2) is 0 Å². The molecule has 1 aliphatic carbocycles. The number of hydrogen-bond acceptors (Lipinski definition) is 2. The van der Waals surface area contributed by atoms with Gasteiger partial charge in [0.05, 0.1) is 0 Å². The first-order valence-corrected chi connectivity index (χ1v) is 6.21. The molecule has 84 valence electrons. The van der Waals surface area contributed by atoms with Gasteiger partial charge in [0.1, 0.15) is 0 Å². The van der Waals surface area contributed by atoms with Gasteiger partial charge in [0.2, 0.25) is 0 Å². The molecule has 0 radical (unpaired) electrons. The Hall–Kier alpha value is -0.0800. The van der Waals surface area contributed by atoms with E-state index in [-0.39, 0.29) is 0 Å². The highest BCUT2D eigenvalue weighted by Crippen LogP contribution is 2.23. The molecule has 3 N–H and O–H groups in total. The second kappa shape index (κ2) is 6.41. The van der Waals surface area contributed by atoms with E-state index in [0.29, 0.717) is 12.1 Å². The van der Waals surface area contributed by atoms with Crippen molar-refractivity contribution in [1.29, 1.82) is 0 Å². The molecule has 0 aliphatic heterocycles. The van der Waals surface area contributed by atoms with Crippen molar-refractivity contribution in [3.8, 4) is 0 Å². The molecule has 2 nitrogen and oxygen atoms in total. The summed E-state index contributed by atoms with van der Waals surface area (Å²) in [6, 6.07) is 1.17.